The number of carbonyl (C=O) groups excluding carboxylic acids is 1. The summed E-state index contributed by atoms with van der Waals surface area (Å²) < 4.78 is 5.20. The van der Waals surface area contributed by atoms with Crippen molar-refractivity contribution in [1.82, 2.24) is 5.32 Å². The van der Waals surface area contributed by atoms with Crippen LogP contribution >= 0.6 is 11.8 Å². The van der Waals surface area contributed by atoms with Gasteiger partial charge in [0, 0.05) is 11.8 Å². The Kier molecular flexibility index (Phi) is 5.33. The van der Waals surface area contributed by atoms with E-state index >= 15 is 0 Å². The van der Waals surface area contributed by atoms with Crippen molar-refractivity contribution < 1.29 is 9.53 Å². The van der Waals surface area contributed by atoms with E-state index in [9.17, 15) is 4.79 Å². The maximum Gasteiger partial charge on any atom is 0.246 e. The van der Waals surface area contributed by atoms with Crippen molar-refractivity contribution in [1.29, 1.82) is 0 Å². The highest BCUT2D eigenvalue weighted by atomic mass is 32.2. The fraction of sp³-hybridized carbons (Fsp3) is 0.900. The molecule has 82 valence electrons. The quantitative estimate of drug-likeness (QED) is 0.757. The lowest BCUT2D eigenvalue weighted by atomic mass is 10.2. The van der Waals surface area contributed by atoms with Crippen molar-refractivity contribution in [2.45, 2.75) is 38.0 Å². The van der Waals surface area contributed by atoms with Gasteiger partial charge in [0.05, 0.1) is 6.10 Å². The number of ether oxygens (including phenoxy) is 1. The lowest BCUT2D eigenvalue weighted by molar-refractivity contribution is -0.127. The van der Waals surface area contributed by atoms with Gasteiger partial charge in [-0.3, -0.25) is 4.79 Å². The van der Waals surface area contributed by atoms with Crippen LogP contribution in [0.4, 0.5) is 0 Å². The third kappa shape index (κ3) is 4.86. The van der Waals surface area contributed by atoms with Gasteiger partial charge in [-0.1, -0.05) is 0 Å². The summed E-state index contributed by atoms with van der Waals surface area (Å²) in [6, 6.07) is 0. The van der Waals surface area contributed by atoms with Gasteiger partial charge in [0.1, 0.15) is 6.61 Å². The molecular weight excluding hydrogens is 198 g/mol. The molecule has 0 saturated carbocycles. The van der Waals surface area contributed by atoms with Crippen molar-refractivity contribution in [3.8, 4) is 0 Å². The van der Waals surface area contributed by atoms with Gasteiger partial charge >= 0.3 is 0 Å². The lowest BCUT2D eigenvalue weighted by Crippen LogP contribution is -2.33. The van der Waals surface area contributed by atoms with Gasteiger partial charge in [0.15, 0.2) is 0 Å². The van der Waals surface area contributed by atoms with Crippen molar-refractivity contribution in [2.75, 3.05) is 18.9 Å². The molecular formula is C10H19NO2S. The van der Waals surface area contributed by atoms with Gasteiger partial charge in [0.2, 0.25) is 5.91 Å². The number of amides is 1. The minimum atomic E-state index is 0.00574. The molecule has 1 N–H and O–H groups in total. The Morgan fingerprint density at radius 1 is 1.64 bits per heavy atom. The first kappa shape index (κ1) is 11.9. The number of carbonyl (C=O) groups is 1. The van der Waals surface area contributed by atoms with Crippen LogP contribution in [0.1, 0.15) is 26.7 Å². The van der Waals surface area contributed by atoms with E-state index in [0.717, 1.165) is 6.54 Å². The van der Waals surface area contributed by atoms with Gasteiger partial charge in [-0.05, 0) is 32.4 Å². The third-order valence-corrected chi connectivity index (χ3v) is 3.50. The van der Waals surface area contributed by atoms with Gasteiger partial charge in [-0.15, -0.1) is 0 Å². The lowest BCUT2D eigenvalue weighted by Gasteiger charge is -2.11. The maximum atomic E-state index is 11.3. The van der Waals surface area contributed by atoms with Crippen LogP contribution in [0, 0.1) is 0 Å². The molecule has 1 saturated heterocycles. The molecule has 1 rings (SSSR count). The standard InChI is InChI=1S/C10H19NO2S/c1-8(2)13-7-10(12)11-6-9-4-3-5-14-9/h8-9H,3-7H2,1-2H3,(H,11,12). The zero-order valence-electron chi connectivity index (χ0n) is 8.91. The molecule has 0 aromatic heterocycles. The van der Waals surface area contributed by atoms with Gasteiger partial charge < -0.3 is 10.1 Å². The van der Waals surface area contributed by atoms with E-state index in [0.29, 0.717) is 5.25 Å². The molecule has 3 nitrogen and oxygen atoms in total. The molecule has 1 aliphatic rings. The monoisotopic (exact) mass is 217 g/mol. The summed E-state index contributed by atoms with van der Waals surface area (Å²) in [5, 5.41) is 3.52. The van der Waals surface area contributed by atoms with E-state index in [-0.39, 0.29) is 18.6 Å². The van der Waals surface area contributed by atoms with Crippen LogP contribution in [0.2, 0.25) is 0 Å². The summed E-state index contributed by atoms with van der Waals surface area (Å²) in [4.78, 5) is 11.3. The van der Waals surface area contributed by atoms with E-state index in [4.69, 9.17) is 4.74 Å². The van der Waals surface area contributed by atoms with Crippen molar-refractivity contribution >= 4 is 17.7 Å². The second kappa shape index (κ2) is 6.30. The van der Waals surface area contributed by atoms with Crippen molar-refractivity contribution in [2.24, 2.45) is 0 Å². The highest BCUT2D eigenvalue weighted by molar-refractivity contribution is 8.00. The van der Waals surface area contributed by atoms with Crippen molar-refractivity contribution in [3.63, 3.8) is 0 Å². The van der Waals surface area contributed by atoms with Crippen molar-refractivity contribution in [3.05, 3.63) is 0 Å². The van der Waals surface area contributed by atoms with Crippen LogP contribution in [0.15, 0.2) is 0 Å². The highest BCUT2D eigenvalue weighted by Gasteiger charge is 2.16. The number of hydrogen-bond donors (Lipinski definition) is 1. The zero-order chi connectivity index (χ0) is 10.4. The maximum absolute atomic E-state index is 11.3. The van der Waals surface area contributed by atoms with Crippen LogP contribution in [0.25, 0.3) is 0 Å². The van der Waals surface area contributed by atoms with Crippen LogP contribution in [-0.4, -0.2) is 36.2 Å². The molecule has 1 unspecified atom stereocenters. The summed E-state index contributed by atoms with van der Waals surface area (Å²) in [6.07, 6.45) is 2.64. The molecule has 0 bridgehead atoms. The third-order valence-electron chi connectivity index (χ3n) is 2.10. The molecule has 1 fully saturated rings. The summed E-state index contributed by atoms with van der Waals surface area (Å²) in [6.45, 7) is 4.85. The largest absolute Gasteiger partial charge is 0.369 e. The second-order valence-corrected chi connectivity index (χ2v) is 5.21. The predicted octanol–water partition coefficient (Wildman–Crippen LogP) is 1.42. The SMILES string of the molecule is CC(C)OCC(=O)NCC1CCCS1. The molecule has 0 aromatic rings. The van der Waals surface area contributed by atoms with Gasteiger partial charge in [0.25, 0.3) is 0 Å². The average Bonchev–Trinajstić information content (AvgIpc) is 2.63. The van der Waals surface area contributed by atoms with E-state index in [1.165, 1.54) is 18.6 Å². The summed E-state index contributed by atoms with van der Waals surface area (Å²) in [7, 11) is 0. The molecule has 1 aliphatic heterocycles. The van der Waals surface area contributed by atoms with Crippen LogP contribution in [0.5, 0.6) is 0 Å². The second-order valence-electron chi connectivity index (χ2n) is 3.80. The molecule has 0 spiro atoms. The van der Waals surface area contributed by atoms with Gasteiger partial charge in [-0.25, -0.2) is 0 Å². The van der Waals surface area contributed by atoms with Crippen LogP contribution < -0.4 is 5.32 Å². The highest BCUT2D eigenvalue weighted by Crippen LogP contribution is 2.25. The number of nitrogens with one attached hydrogen (secondary N) is 1. The fourth-order valence-electron chi connectivity index (χ4n) is 1.33. The first-order valence-corrected chi connectivity index (χ1v) is 6.23. The molecule has 4 heteroatoms. The topological polar surface area (TPSA) is 38.3 Å². The molecule has 0 radical (unpaired) electrons. The zero-order valence-corrected chi connectivity index (χ0v) is 9.73. The summed E-state index contributed by atoms with van der Waals surface area (Å²) >= 11 is 1.95. The number of thioether (sulfide) groups is 1. The smallest absolute Gasteiger partial charge is 0.246 e. The Morgan fingerprint density at radius 2 is 2.43 bits per heavy atom. The number of hydrogen-bond acceptors (Lipinski definition) is 3. The first-order valence-electron chi connectivity index (χ1n) is 5.18. The Labute approximate surface area is 90.0 Å². The predicted molar refractivity (Wildman–Crippen MR) is 59.6 cm³/mol. The summed E-state index contributed by atoms with van der Waals surface area (Å²) in [5.41, 5.74) is 0. The molecule has 0 aromatic carbocycles. The Balaban J connectivity index is 2.02. The van der Waals surface area contributed by atoms with Crippen LogP contribution in [-0.2, 0) is 9.53 Å². The number of rotatable bonds is 5. The minimum absolute atomic E-state index is 0.00574. The fourth-order valence-corrected chi connectivity index (χ4v) is 2.53. The molecule has 1 amide bonds. The Morgan fingerprint density at radius 3 is 3.00 bits per heavy atom. The average molecular weight is 217 g/mol. The molecule has 0 aliphatic carbocycles. The normalized spacial score (nSPS) is 21.5. The van der Waals surface area contributed by atoms with E-state index in [1.54, 1.807) is 0 Å². The summed E-state index contributed by atoms with van der Waals surface area (Å²) in [5.74, 6) is 1.24. The van der Waals surface area contributed by atoms with E-state index in [2.05, 4.69) is 5.32 Å². The minimum Gasteiger partial charge on any atom is -0.369 e. The Hall–Kier alpha value is -0.220. The first-order chi connectivity index (χ1) is 6.68. The molecule has 1 atom stereocenters. The van der Waals surface area contributed by atoms with Crippen LogP contribution in [0.3, 0.4) is 0 Å². The van der Waals surface area contributed by atoms with Gasteiger partial charge in [-0.2, -0.15) is 11.8 Å². The van der Waals surface area contributed by atoms with E-state index in [1.807, 2.05) is 25.6 Å². The molecule has 1 heterocycles. The Bertz CT molecular complexity index is 179. The molecule has 14 heavy (non-hydrogen) atoms. The van der Waals surface area contributed by atoms with E-state index < -0.39 is 0 Å².